The van der Waals surface area contributed by atoms with E-state index in [0.717, 1.165) is 37.2 Å². The van der Waals surface area contributed by atoms with Crippen LogP contribution in [0.5, 0.6) is 0 Å². The lowest BCUT2D eigenvalue weighted by molar-refractivity contribution is -0.119. The van der Waals surface area contributed by atoms with Gasteiger partial charge in [-0.05, 0) is 24.9 Å². The summed E-state index contributed by atoms with van der Waals surface area (Å²) in [6.07, 6.45) is 1.94. The Bertz CT molecular complexity index is 621. The summed E-state index contributed by atoms with van der Waals surface area (Å²) in [6.45, 7) is 3.83. The Balaban J connectivity index is 0.00000176. The van der Waals surface area contributed by atoms with Gasteiger partial charge in [0, 0.05) is 17.5 Å². The fourth-order valence-electron chi connectivity index (χ4n) is 2.46. The number of aromatic nitrogens is 1. The molecule has 1 aliphatic rings. The largest absolute Gasteiger partial charge is 0.316 e. The van der Waals surface area contributed by atoms with Crippen LogP contribution in [-0.4, -0.2) is 24.0 Å². The number of hydrogen-bond donors (Lipinski definition) is 2. The smallest absolute Gasteiger partial charge is 0.230 e. The summed E-state index contributed by atoms with van der Waals surface area (Å²) in [7, 11) is 0. The van der Waals surface area contributed by atoms with Gasteiger partial charge in [-0.3, -0.25) is 4.79 Å². The van der Waals surface area contributed by atoms with E-state index in [4.69, 9.17) is 0 Å². The summed E-state index contributed by atoms with van der Waals surface area (Å²) >= 11 is 1.48. The van der Waals surface area contributed by atoms with E-state index in [0.29, 0.717) is 5.13 Å². The lowest BCUT2D eigenvalue weighted by atomic mass is 10.1. The molecule has 1 unspecified atom stereocenters. The van der Waals surface area contributed by atoms with E-state index >= 15 is 0 Å². The van der Waals surface area contributed by atoms with Crippen molar-refractivity contribution in [2.45, 2.75) is 19.8 Å². The number of rotatable bonds is 4. The highest BCUT2D eigenvalue weighted by atomic mass is 35.5. The van der Waals surface area contributed by atoms with Crippen molar-refractivity contribution in [1.29, 1.82) is 0 Å². The van der Waals surface area contributed by atoms with Gasteiger partial charge in [-0.2, -0.15) is 0 Å². The van der Waals surface area contributed by atoms with Crippen LogP contribution in [0.2, 0.25) is 0 Å². The molecule has 2 heterocycles. The first kappa shape index (κ1) is 16.9. The summed E-state index contributed by atoms with van der Waals surface area (Å²) in [4.78, 5) is 16.6. The van der Waals surface area contributed by atoms with E-state index in [9.17, 15) is 4.79 Å². The van der Waals surface area contributed by atoms with E-state index in [-0.39, 0.29) is 24.2 Å². The van der Waals surface area contributed by atoms with Gasteiger partial charge in [0.15, 0.2) is 5.13 Å². The number of carbonyl (C=O) groups is 1. The maximum atomic E-state index is 12.1. The quantitative estimate of drug-likeness (QED) is 0.899. The molecule has 2 aromatic rings. The van der Waals surface area contributed by atoms with E-state index in [1.807, 2.05) is 5.38 Å². The van der Waals surface area contributed by atoms with Crippen LogP contribution in [0.25, 0.3) is 11.3 Å². The number of carbonyl (C=O) groups excluding carboxylic acids is 1. The predicted molar refractivity (Wildman–Crippen MR) is 93.8 cm³/mol. The highest BCUT2D eigenvalue weighted by Crippen LogP contribution is 2.26. The monoisotopic (exact) mass is 337 g/mol. The third-order valence-electron chi connectivity index (χ3n) is 3.82. The molecule has 0 radical (unpaired) electrons. The maximum absolute atomic E-state index is 12.1. The third kappa shape index (κ3) is 3.85. The Morgan fingerprint density at radius 2 is 2.18 bits per heavy atom. The first-order valence-electron chi connectivity index (χ1n) is 7.32. The molecule has 0 spiro atoms. The lowest BCUT2D eigenvalue weighted by Gasteiger charge is -2.06. The van der Waals surface area contributed by atoms with E-state index < -0.39 is 0 Å². The van der Waals surface area contributed by atoms with Crippen molar-refractivity contribution in [1.82, 2.24) is 10.3 Å². The molecule has 1 aromatic heterocycles. The Labute approximate surface area is 140 Å². The molecular formula is C16H20ClN3OS. The molecule has 0 bridgehead atoms. The Hall–Kier alpha value is -1.43. The number of thiazole rings is 1. The Kier molecular flexibility index (Phi) is 5.94. The zero-order valence-corrected chi connectivity index (χ0v) is 14.1. The molecular weight excluding hydrogens is 318 g/mol. The molecule has 1 aromatic carbocycles. The molecule has 1 amide bonds. The van der Waals surface area contributed by atoms with Crippen LogP contribution in [-0.2, 0) is 11.2 Å². The fraction of sp³-hybridized carbons (Fsp3) is 0.375. The van der Waals surface area contributed by atoms with Gasteiger partial charge >= 0.3 is 0 Å². The second-order valence-corrected chi connectivity index (χ2v) is 6.13. The molecule has 1 aliphatic heterocycles. The molecule has 2 N–H and O–H groups in total. The molecule has 4 nitrogen and oxygen atoms in total. The van der Waals surface area contributed by atoms with Gasteiger partial charge < -0.3 is 10.6 Å². The van der Waals surface area contributed by atoms with Crippen molar-refractivity contribution in [3.63, 3.8) is 0 Å². The van der Waals surface area contributed by atoms with Gasteiger partial charge in [0.1, 0.15) is 0 Å². The summed E-state index contributed by atoms with van der Waals surface area (Å²) in [5.74, 6) is 0.142. The van der Waals surface area contributed by atoms with Crippen LogP contribution < -0.4 is 10.6 Å². The average Bonchev–Trinajstić information content (AvgIpc) is 3.19. The number of aryl methyl sites for hydroxylation is 1. The zero-order valence-electron chi connectivity index (χ0n) is 12.5. The molecule has 118 valence electrons. The van der Waals surface area contributed by atoms with Crippen LogP contribution in [0.4, 0.5) is 5.13 Å². The minimum absolute atomic E-state index is 0. The van der Waals surface area contributed by atoms with Crippen LogP contribution >= 0.6 is 23.7 Å². The molecule has 0 aliphatic carbocycles. The van der Waals surface area contributed by atoms with Crippen molar-refractivity contribution in [2.24, 2.45) is 5.92 Å². The minimum Gasteiger partial charge on any atom is -0.316 e. The van der Waals surface area contributed by atoms with Gasteiger partial charge in [0.2, 0.25) is 5.91 Å². The van der Waals surface area contributed by atoms with Crippen LogP contribution in [0.15, 0.2) is 29.6 Å². The third-order valence-corrected chi connectivity index (χ3v) is 4.58. The van der Waals surface area contributed by atoms with Gasteiger partial charge in [0.05, 0.1) is 11.6 Å². The van der Waals surface area contributed by atoms with E-state index in [1.54, 1.807) is 0 Å². The van der Waals surface area contributed by atoms with Crippen molar-refractivity contribution < 1.29 is 4.79 Å². The van der Waals surface area contributed by atoms with Crippen molar-refractivity contribution in [2.75, 3.05) is 18.4 Å². The second kappa shape index (κ2) is 7.72. The average molecular weight is 338 g/mol. The maximum Gasteiger partial charge on any atom is 0.230 e. The first-order valence-corrected chi connectivity index (χ1v) is 8.20. The highest BCUT2D eigenvalue weighted by Gasteiger charge is 2.23. The Morgan fingerprint density at radius 1 is 1.41 bits per heavy atom. The van der Waals surface area contributed by atoms with E-state index in [2.05, 4.69) is 46.8 Å². The summed E-state index contributed by atoms with van der Waals surface area (Å²) in [5, 5.41) is 8.80. The summed E-state index contributed by atoms with van der Waals surface area (Å²) in [6, 6.07) is 8.41. The number of nitrogens with one attached hydrogen (secondary N) is 2. The topological polar surface area (TPSA) is 54.0 Å². The van der Waals surface area contributed by atoms with Crippen molar-refractivity contribution in [3.8, 4) is 11.3 Å². The number of anilines is 1. The second-order valence-electron chi connectivity index (χ2n) is 5.27. The van der Waals surface area contributed by atoms with Crippen LogP contribution in [0.1, 0.15) is 18.9 Å². The van der Waals surface area contributed by atoms with Crippen LogP contribution in [0.3, 0.4) is 0 Å². The highest BCUT2D eigenvalue weighted by molar-refractivity contribution is 7.14. The predicted octanol–water partition coefficient (Wildman–Crippen LogP) is 3.34. The number of amides is 1. The van der Waals surface area contributed by atoms with Gasteiger partial charge in [-0.25, -0.2) is 4.98 Å². The van der Waals surface area contributed by atoms with Gasteiger partial charge in [0.25, 0.3) is 0 Å². The van der Waals surface area contributed by atoms with Crippen molar-refractivity contribution >= 4 is 34.8 Å². The molecule has 0 saturated carbocycles. The molecule has 6 heteroatoms. The summed E-state index contributed by atoms with van der Waals surface area (Å²) < 4.78 is 0. The first-order chi connectivity index (χ1) is 10.3. The molecule has 1 saturated heterocycles. The van der Waals surface area contributed by atoms with Gasteiger partial charge in [-0.15, -0.1) is 23.7 Å². The minimum atomic E-state index is 0. The van der Waals surface area contributed by atoms with Gasteiger partial charge in [-0.1, -0.05) is 31.2 Å². The standard InChI is InChI=1S/C16H19N3OS.ClH/c1-2-11-3-5-12(6-4-11)14-10-21-16(18-14)19-15(20)13-7-8-17-9-13;/h3-6,10,13,17H,2,7-9H2,1H3,(H,18,19,20);1H. The zero-order chi connectivity index (χ0) is 14.7. The number of halogens is 1. The van der Waals surface area contributed by atoms with Crippen LogP contribution in [0, 0.1) is 5.92 Å². The molecule has 1 atom stereocenters. The number of nitrogens with zero attached hydrogens (tertiary/aromatic N) is 1. The number of hydrogen-bond acceptors (Lipinski definition) is 4. The fourth-order valence-corrected chi connectivity index (χ4v) is 3.18. The Morgan fingerprint density at radius 3 is 2.82 bits per heavy atom. The van der Waals surface area contributed by atoms with Crippen molar-refractivity contribution in [3.05, 3.63) is 35.2 Å². The molecule has 1 fully saturated rings. The molecule has 22 heavy (non-hydrogen) atoms. The van der Waals surface area contributed by atoms with E-state index in [1.165, 1.54) is 16.9 Å². The lowest BCUT2D eigenvalue weighted by Crippen LogP contribution is -2.24. The summed E-state index contributed by atoms with van der Waals surface area (Å²) in [5.41, 5.74) is 3.32. The molecule has 3 rings (SSSR count). The normalized spacial score (nSPS) is 17.0. The SMILES string of the molecule is CCc1ccc(-c2csc(NC(=O)C3CCNC3)n2)cc1.Cl. The number of benzene rings is 1.